The molecule has 0 bridgehead atoms. The predicted molar refractivity (Wildman–Crippen MR) is 74.1 cm³/mol. The minimum Gasteiger partial charge on any atom is -0.488 e. The Balaban J connectivity index is 2.09. The van der Waals surface area contributed by atoms with E-state index in [0.29, 0.717) is 23.6 Å². The average Bonchev–Trinajstić information content (AvgIpc) is 2.96. The molecule has 3 rings (SSSR count). The van der Waals surface area contributed by atoms with Crippen molar-refractivity contribution in [3.05, 3.63) is 45.6 Å². The van der Waals surface area contributed by atoms with Gasteiger partial charge in [0.2, 0.25) is 0 Å². The first kappa shape index (κ1) is 13.3. The fourth-order valence-electron chi connectivity index (χ4n) is 2.23. The van der Waals surface area contributed by atoms with Crippen molar-refractivity contribution >= 4 is 11.0 Å². The van der Waals surface area contributed by atoms with Crippen molar-refractivity contribution in [1.82, 2.24) is 20.6 Å². The first-order chi connectivity index (χ1) is 10.2. The summed E-state index contributed by atoms with van der Waals surface area (Å²) in [4.78, 5) is 11.6. The molecule has 3 aromatic rings. The van der Waals surface area contributed by atoms with Gasteiger partial charge in [0, 0.05) is 11.9 Å². The van der Waals surface area contributed by atoms with Crippen LogP contribution in [0.4, 0.5) is 0 Å². The van der Waals surface area contributed by atoms with Crippen LogP contribution in [0.15, 0.2) is 27.4 Å². The van der Waals surface area contributed by atoms with Crippen LogP contribution >= 0.6 is 0 Å². The molecule has 7 nitrogen and oxygen atoms in total. The summed E-state index contributed by atoms with van der Waals surface area (Å²) in [5, 5.41) is 15.1. The van der Waals surface area contributed by atoms with Crippen molar-refractivity contribution in [2.45, 2.75) is 26.9 Å². The summed E-state index contributed by atoms with van der Waals surface area (Å²) >= 11 is 0. The van der Waals surface area contributed by atoms with E-state index in [0.717, 1.165) is 16.5 Å². The van der Waals surface area contributed by atoms with Crippen LogP contribution < -0.4 is 15.5 Å². The van der Waals surface area contributed by atoms with Crippen molar-refractivity contribution in [2.75, 3.05) is 0 Å². The topological polar surface area (TPSA) is 92.2 Å². The average molecular weight is 285 g/mol. The highest BCUT2D eigenvalue weighted by atomic mass is 16.5. The molecule has 0 fully saturated rings. The second kappa shape index (κ2) is 5.35. The van der Waals surface area contributed by atoms with E-state index >= 15 is 0 Å². The van der Waals surface area contributed by atoms with E-state index in [-0.39, 0.29) is 12.2 Å². The molecule has 0 aliphatic heterocycles. The zero-order valence-electron chi connectivity index (χ0n) is 11.7. The third kappa shape index (κ3) is 2.62. The molecule has 0 radical (unpaired) electrons. The van der Waals surface area contributed by atoms with E-state index in [1.165, 1.54) is 6.07 Å². The number of aromatic nitrogens is 4. The number of tetrazole rings is 1. The molecular weight excluding hydrogens is 272 g/mol. The summed E-state index contributed by atoms with van der Waals surface area (Å²) < 4.78 is 11.0. The van der Waals surface area contributed by atoms with Crippen molar-refractivity contribution < 1.29 is 9.15 Å². The molecule has 0 N–H and O–H groups in total. The maximum atomic E-state index is 11.6. The molecule has 1 aromatic carbocycles. The summed E-state index contributed by atoms with van der Waals surface area (Å²) in [6.45, 7) is 4.05. The molecule has 0 saturated heterocycles. The molecule has 2 aromatic heterocycles. The first-order valence-corrected chi connectivity index (χ1v) is 6.55. The highest BCUT2D eigenvalue weighted by molar-refractivity contribution is 5.87. The van der Waals surface area contributed by atoms with Gasteiger partial charge in [-0.1, -0.05) is 6.92 Å². The second-order valence-corrected chi connectivity index (χ2v) is 4.66. The molecule has 0 spiro atoms. The SMILES string of the molecule is CCc1cc(=O)oc2cc(C)cc(OCc3nnn[n-]3)c12. The lowest BCUT2D eigenvalue weighted by molar-refractivity contribution is 0.298. The lowest BCUT2D eigenvalue weighted by Gasteiger charge is -2.12. The van der Waals surface area contributed by atoms with Crippen LogP contribution in [0.1, 0.15) is 23.9 Å². The minimum absolute atomic E-state index is 0.161. The number of hydrogen-bond donors (Lipinski definition) is 0. The summed E-state index contributed by atoms with van der Waals surface area (Å²) in [6, 6.07) is 5.21. The zero-order valence-corrected chi connectivity index (χ0v) is 11.7. The molecule has 0 unspecified atom stereocenters. The predicted octanol–water partition coefficient (Wildman–Crippen LogP) is 1.39. The Labute approximate surface area is 119 Å². The van der Waals surface area contributed by atoms with Gasteiger partial charge in [-0.15, -0.1) is 0 Å². The van der Waals surface area contributed by atoms with Gasteiger partial charge in [-0.2, -0.15) is 5.21 Å². The van der Waals surface area contributed by atoms with Crippen LogP contribution in [0, 0.1) is 6.92 Å². The number of rotatable bonds is 4. The van der Waals surface area contributed by atoms with Gasteiger partial charge in [-0.05, 0) is 36.6 Å². The fourth-order valence-corrected chi connectivity index (χ4v) is 2.23. The molecule has 0 aliphatic carbocycles. The van der Waals surface area contributed by atoms with Gasteiger partial charge < -0.3 is 14.3 Å². The standard InChI is InChI=1S/C14H13N4O3/c1-3-9-6-13(19)21-11-5-8(2)4-10(14(9)11)20-7-12-15-17-18-16-12/h4-6H,3,7H2,1-2H3/q-1. The molecule has 0 atom stereocenters. The van der Waals surface area contributed by atoms with E-state index < -0.39 is 0 Å². The van der Waals surface area contributed by atoms with Crippen LogP contribution in [0.5, 0.6) is 5.75 Å². The summed E-state index contributed by atoms with van der Waals surface area (Å²) in [5.41, 5.74) is 1.99. The third-order valence-electron chi connectivity index (χ3n) is 3.13. The van der Waals surface area contributed by atoms with E-state index in [1.807, 2.05) is 26.0 Å². The molecule has 2 heterocycles. The number of fused-ring (bicyclic) bond motifs is 1. The molecule has 0 amide bonds. The van der Waals surface area contributed by atoms with E-state index in [4.69, 9.17) is 9.15 Å². The Morgan fingerprint density at radius 2 is 2.19 bits per heavy atom. The number of ether oxygens (including phenoxy) is 1. The van der Waals surface area contributed by atoms with Crippen molar-refractivity contribution in [3.63, 3.8) is 0 Å². The first-order valence-electron chi connectivity index (χ1n) is 6.55. The number of aryl methyl sites for hydroxylation is 2. The maximum absolute atomic E-state index is 11.6. The van der Waals surface area contributed by atoms with Crippen molar-refractivity contribution in [3.8, 4) is 5.75 Å². The van der Waals surface area contributed by atoms with Gasteiger partial charge in [-0.3, -0.25) is 10.3 Å². The summed E-state index contributed by atoms with van der Waals surface area (Å²) in [7, 11) is 0. The zero-order chi connectivity index (χ0) is 14.8. The van der Waals surface area contributed by atoms with Crippen LogP contribution in [0.3, 0.4) is 0 Å². The van der Waals surface area contributed by atoms with E-state index in [2.05, 4.69) is 20.6 Å². The minimum atomic E-state index is -0.358. The maximum Gasteiger partial charge on any atom is 0.336 e. The highest BCUT2D eigenvalue weighted by Gasteiger charge is 2.11. The quantitative estimate of drug-likeness (QED) is 0.668. The Hall–Kier alpha value is -2.70. The Morgan fingerprint density at radius 3 is 2.90 bits per heavy atom. The Kier molecular flexibility index (Phi) is 3.39. The second-order valence-electron chi connectivity index (χ2n) is 4.66. The summed E-state index contributed by atoms with van der Waals surface area (Å²) in [5.74, 6) is 1.04. The van der Waals surface area contributed by atoms with Gasteiger partial charge in [0.05, 0.1) is 5.39 Å². The van der Waals surface area contributed by atoms with Gasteiger partial charge >= 0.3 is 5.63 Å². The number of benzene rings is 1. The van der Waals surface area contributed by atoms with E-state index in [9.17, 15) is 4.79 Å². The van der Waals surface area contributed by atoms with Crippen LogP contribution in [0.2, 0.25) is 0 Å². The van der Waals surface area contributed by atoms with Crippen molar-refractivity contribution in [2.24, 2.45) is 0 Å². The molecule has 0 aliphatic rings. The normalized spacial score (nSPS) is 11.0. The number of nitrogens with zero attached hydrogens (tertiary/aromatic N) is 4. The van der Waals surface area contributed by atoms with E-state index in [1.54, 1.807) is 0 Å². The number of hydrogen-bond acceptors (Lipinski definition) is 6. The smallest absolute Gasteiger partial charge is 0.336 e. The largest absolute Gasteiger partial charge is 0.488 e. The lowest BCUT2D eigenvalue weighted by atomic mass is 10.1. The lowest BCUT2D eigenvalue weighted by Crippen LogP contribution is -2.04. The fraction of sp³-hybridized carbons (Fsp3) is 0.286. The molecule has 0 saturated carbocycles. The van der Waals surface area contributed by atoms with Gasteiger partial charge in [0.25, 0.3) is 0 Å². The Morgan fingerprint density at radius 1 is 1.33 bits per heavy atom. The molecular formula is C14H13N4O3-. The van der Waals surface area contributed by atoms with Crippen LogP contribution in [-0.2, 0) is 13.0 Å². The highest BCUT2D eigenvalue weighted by Crippen LogP contribution is 2.30. The van der Waals surface area contributed by atoms with Crippen LogP contribution in [-0.4, -0.2) is 15.5 Å². The molecule has 108 valence electrons. The Bertz CT molecular complexity index is 824. The third-order valence-corrected chi connectivity index (χ3v) is 3.13. The van der Waals surface area contributed by atoms with Gasteiger partial charge in [0.15, 0.2) is 0 Å². The summed E-state index contributed by atoms with van der Waals surface area (Å²) in [6.07, 6.45) is 0.706. The molecule has 7 heteroatoms. The van der Waals surface area contributed by atoms with Crippen molar-refractivity contribution in [1.29, 1.82) is 0 Å². The molecule has 21 heavy (non-hydrogen) atoms. The monoisotopic (exact) mass is 285 g/mol. The van der Waals surface area contributed by atoms with Gasteiger partial charge in [-0.25, -0.2) is 4.79 Å². The van der Waals surface area contributed by atoms with Crippen LogP contribution in [0.25, 0.3) is 11.0 Å². The van der Waals surface area contributed by atoms with Gasteiger partial charge in [0.1, 0.15) is 17.9 Å².